The number of hydrogen-bond donors (Lipinski definition) is 0. The summed E-state index contributed by atoms with van der Waals surface area (Å²) >= 11 is 86.9. The Bertz CT molecular complexity index is 2500. The normalized spacial score (nSPS) is 14.6. The van der Waals surface area contributed by atoms with E-state index in [4.69, 9.17) is 171 Å². The molecule has 0 N–H and O–H groups in total. The molecule has 2 aromatic heterocycles. The molecule has 3 aliphatic heterocycles. The first-order valence-corrected chi connectivity index (χ1v) is 16.7. The van der Waals surface area contributed by atoms with Gasteiger partial charge in [-0.25, -0.2) is 20.0 Å². The summed E-state index contributed by atoms with van der Waals surface area (Å²) in [5.41, 5.74) is 0.846. The second-order valence-electron chi connectivity index (χ2n) is 9.46. The van der Waals surface area contributed by atoms with E-state index >= 15 is 0 Å². The van der Waals surface area contributed by atoms with Gasteiger partial charge in [0.25, 0.3) is 0 Å². The van der Waals surface area contributed by atoms with Crippen molar-refractivity contribution in [2.45, 2.75) is 0 Å². The molecular formula is C24BCl13N6. The number of benzene rings is 3. The lowest BCUT2D eigenvalue weighted by Crippen LogP contribution is -2.45. The second kappa shape index (κ2) is 10.3. The molecule has 0 saturated carbocycles. The molecule has 0 atom stereocenters. The maximum atomic E-state index is 7.28. The first-order valence-electron chi connectivity index (χ1n) is 11.7. The molecule has 3 aromatic carbocycles. The lowest BCUT2D eigenvalue weighted by atomic mass is 10.1. The van der Waals surface area contributed by atoms with Crippen LogP contribution in [-0.2, 0) is 0 Å². The zero-order valence-electron chi connectivity index (χ0n) is 20.2. The van der Waals surface area contributed by atoms with Crippen LogP contribution in [0.2, 0.25) is 60.3 Å². The third-order valence-electron chi connectivity index (χ3n) is 7.33. The summed E-state index contributed by atoms with van der Waals surface area (Å²) in [5.74, 6) is 0.462. The molecule has 0 saturated heterocycles. The fraction of sp³-hybridized carbons (Fsp3) is 0. The van der Waals surface area contributed by atoms with Crippen LogP contribution in [-0.4, -0.2) is 27.0 Å². The van der Waals surface area contributed by atoms with E-state index in [1.54, 1.807) is 8.96 Å². The Balaban J connectivity index is 1.74. The fourth-order valence-corrected chi connectivity index (χ4v) is 8.91. The summed E-state index contributed by atoms with van der Waals surface area (Å²) < 4.78 is 3.09. The van der Waals surface area contributed by atoms with Crippen LogP contribution in [0.25, 0.3) is 21.5 Å². The number of rotatable bonds is 0. The van der Waals surface area contributed by atoms with Crippen molar-refractivity contribution in [1.29, 1.82) is 0 Å². The van der Waals surface area contributed by atoms with Crippen molar-refractivity contribution in [1.82, 2.24) is 8.96 Å². The fourth-order valence-electron chi connectivity index (χ4n) is 5.47. The standard InChI is InChI=1S/C24BCl13N6/c26-7-1-2(8(27)14(33)13(7)32)20-39-19(1)40-21-3-5(11(30)17(36)15(34)9(3)28)23-42-24-6-4(10(29)16(35)18(37)12(6)31)22(41-20)44(24)25(38)43(21)23. The number of halogens is 13. The molecule has 6 nitrogen and oxygen atoms in total. The number of aliphatic imine (C=N–C) groups is 2. The Kier molecular flexibility index (Phi) is 7.19. The van der Waals surface area contributed by atoms with Crippen LogP contribution in [0.1, 0.15) is 11.1 Å². The molecule has 4 bridgehead atoms. The molecule has 0 aliphatic carbocycles. The lowest BCUT2D eigenvalue weighted by molar-refractivity contribution is 0.938. The second-order valence-corrected chi connectivity index (χ2v) is 14.4. The molecule has 5 aromatic rings. The van der Waals surface area contributed by atoms with Crippen molar-refractivity contribution < 1.29 is 0 Å². The number of aromatic nitrogens is 2. The SMILES string of the molecule is ClB1n2c3c4c(Cl)c(Cl)c(Cl)c(Cl)c4c2N=c2c4c(Cl)c(Cl)c(Cl)c(Cl)c4c(n21)=NC1=NC(=N3)c2c(Cl)c(Cl)c(Cl)c(Cl)c21. The molecule has 220 valence electrons. The molecule has 0 fully saturated rings. The van der Waals surface area contributed by atoms with Crippen LogP contribution in [0.3, 0.4) is 0 Å². The summed E-state index contributed by atoms with van der Waals surface area (Å²) in [4.78, 5) is 19.3. The molecule has 0 unspecified atom stereocenters. The quantitative estimate of drug-likeness (QED) is 0.0847. The smallest absolute Gasteiger partial charge is 0.319 e. The molecular weight excluding hydrogens is 844 g/mol. The summed E-state index contributed by atoms with van der Waals surface area (Å²) in [5, 5.41) is 1.23. The number of hydrogen-bond acceptors (Lipinski definition) is 4. The number of nitrogens with zero attached hydrogens (tertiary/aromatic N) is 6. The Labute approximate surface area is 310 Å². The first-order chi connectivity index (χ1) is 20.8. The average molecular weight is 844 g/mol. The van der Waals surface area contributed by atoms with Crippen molar-refractivity contribution in [3.05, 3.63) is 82.4 Å². The lowest BCUT2D eigenvalue weighted by Gasteiger charge is -2.18. The molecule has 20 heteroatoms. The summed E-state index contributed by atoms with van der Waals surface area (Å²) in [6, 6.07) is 0. The van der Waals surface area contributed by atoms with E-state index in [9.17, 15) is 0 Å². The zero-order chi connectivity index (χ0) is 31.4. The van der Waals surface area contributed by atoms with Crippen LogP contribution in [0.5, 0.6) is 0 Å². The topological polar surface area (TPSA) is 59.3 Å². The Morgan fingerprint density at radius 3 is 1.20 bits per heavy atom. The van der Waals surface area contributed by atoms with E-state index in [2.05, 4.69) is 0 Å². The van der Waals surface area contributed by atoms with Crippen LogP contribution in [0.4, 0.5) is 11.6 Å². The largest absolute Gasteiger partial charge is 0.499 e. The highest BCUT2D eigenvalue weighted by molar-refractivity contribution is 7.05. The van der Waals surface area contributed by atoms with Crippen LogP contribution < -0.4 is 11.0 Å². The van der Waals surface area contributed by atoms with E-state index in [0.717, 1.165) is 0 Å². The minimum absolute atomic E-state index is 0.00995. The maximum Gasteiger partial charge on any atom is 0.499 e. The van der Waals surface area contributed by atoms with Gasteiger partial charge in [-0.1, -0.05) is 139 Å². The third kappa shape index (κ3) is 3.71. The van der Waals surface area contributed by atoms with E-state index in [1.165, 1.54) is 0 Å². The molecule has 5 heterocycles. The van der Waals surface area contributed by atoms with Gasteiger partial charge < -0.3 is 8.96 Å². The van der Waals surface area contributed by atoms with Gasteiger partial charge in [0, 0.05) is 21.5 Å². The van der Waals surface area contributed by atoms with Crippen molar-refractivity contribution >= 4 is 202 Å². The number of amidine groups is 2. The Morgan fingerprint density at radius 2 is 0.727 bits per heavy atom. The third-order valence-corrected chi connectivity index (χ3v) is 13.1. The van der Waals surface area contributed by atoms with Gasteiger partial charge >= 0.3 is 6.40 Å². The molecule has 8 rings (SSSR count). The Morgan fingerprint density at radius 1 is 0.364 bits per heavy atom. The van der Waals surface area contributed by atoms with Gasteiger partial charge in [-0.15, -0.1) is 11.5 Å². The van der Waals surface area contributed by atoms with Gasteiger partial charge in [-0.05, 0) is 0 Å². The van der Waals surface area contributed by atoms with Gasteiger partial charge in [0.1, 0.15) is 22.6 Å². The van der Waals surface area contributed by atoms with Gasteiger partial charge in [-0.2, -0.15) is 0 Å². The van der Waals surface area contributed by atoms with Crippen LogP contribution >= 0.6 is 151 Å². The van der Waals surface area contributed by atoms with Gasteiger partial charge in [0.05, 0.1) is 71.4 Å². The maximum absolute atomic E-state index is 7.28. The van der Waals surface area contributed by atoms with Gasteiger partial charge in [0.15, 0.2) is 11.7 Å². The highest BCUT2D eigenvalue weighted by atomic mass is 35.5. The minimum atomic E-state index is -1.14. The molecule has 0 spiro atoms. The summed E-state index contributed by atoms with van der Waals surface area (Å²) in [6.45, 7) is 0. The van der Waals surface area contributed by atoms with Gasteiger partial charge in [-0.3, -0.25) is 0 Å². The van der Waals surface area contributed by atoms with E-state index in [0.29, 0.717) is 0 Å². The highest BCUT2D eigenvalue weighted by Crippen LogP contribution is 2.53. The minimum Gasteiger partial charge on any atom is -0.319 e. The molecule has 0 amide bonds. The van der Waals surface area contributed by atoms with Crippen molar-refractivity contribution in [2.75, 3.05) is 0 Å². The van der Waals surface area contributed by atoms with Crippen molar-refractivity contribution in [3.8, 4) is 0 Å². The predicted molar refractivity (Wildman–Crippen MR) is 188 cm³/mol. The van der Waals surface area contributed by atoms with Gasteiger partial charge in [0.2, 0.25) is 0 Å². The van der Waals surface area contributed by atoms with Crippen molar-refractivity contribution in [2.24, 2.45) is 20.0 Å². The summed E-state index contributed by atoms with van der Waals surface area (Å²) in [6.07, 6.45) is -1.14. The van der Waals surface area contributed by atoms with E-state index in [-0.39, 0.29) is 127 Å². The van der Waals surface area contributed by atoms with E-state index in [1.807, 2.05) is 0 Å². The zero-order valence-corrected chi connectivity index (χ0v) is 30.0. The first kappa shape index (κ1) is 30.8. The Hall–Kier alpha value is -0.485. The molecule has 3 aliphatic rings. The predicted octanol–water partition coefficient (Wildman–Crippen LogP) is 11.8. The monoisotopic (exact) mass is 838 g/mol. The van der Waals surface area contributed by atoms with Crippen LogP contribution in [0, 0.1) is 0 Å². The molecule has 44 heavy (non-hydrogen) atoms. The van der Waals surface area contributed by atoms with Crippen molar-refractivity contribution in [3.63, 3.8) is 0 Å². The van der Waals surface area contributed by atoms with E-state index < -0.39 is 6.40 Å². The highest BCUT2D eigenvalue weighted by Gasteiger charge is 2.40. The average Bonchev–Trinajstić information content (AvgIpc) is 3.63. The molecule has 0 radical (unpaired) electrons. The van der Waals surface area contributed by atoms with Crippen LogP contribution in [0.15, 0.2) is 20.0 Å². The summed E-state index contributed by atoms with van der Waals surface area (Å²) in [7, 11) is 0. The number of fused-ring (bicyclic) bond motifs is 10.